The fourth-order valence-corrected chi connectivity index (χ4v) is 3.32. The summed E-state index contributed by atoms with van der Waals surface area (Å²) >= 11 is 0. The van der Waals surface area contributed by atoms with Crippen molar-refractivity contribution >= 4 is 12.0 Å². The minimum absolute atomic E-state index is 0.284. The lowest BCUT2D eigenvalue weighted by molar-refractivity contribution is 0.0222. The predicted octanol–water partition coefficient (Wildman–Crippen LogP) is 1.91. The summed E-state index contributed by atoms with van der Waals surface area (Å²) in [6, 6.07) is 1.75. The van der Waals surface area contributed by atoms with Gasteiger partial charge in [-0.3, -0.25) is 9.89 Å². The number of ether oxygens (including phenoxy) is 1. The van der Waals surface area contributed by atoms with Crippen molar-refractivity contribution in [2.75, 3.05) is 6.54 Å². The molecule has 3 heterocycles. The van der Waals surface area contributed by atoms with E-state index in [-0.39, 0.29) is 12.0 Å². The van der Waals surface area contributed by atoms with E-state index in [4.69, 9.17) is 4.74 Å². The van der Waals surface area contributed by atoms with E-state index in [9.17, 15) is 9.59 Å². The number of hydrogen-bond acceptors (Lipinski definition) is 6. The third-order valence-corrected chi connectivity index (χ3v) is 4.90. The van der Waals surface area contributed by atoms with Gasteiger partial charge in [0.2, 0.25) is 0 Å². The Morgan fingerprint density at radius 2 is 1.96 bits per heavy atom. The highest BCUT2D eigenvalue weighted by atomic mass is 16.6. The van der Waals surface area contributed by atoms with Crippen LogP contribution in [0.4, 0.5) is 4.79 Å². The van der Waals surface area contributed by atoms with Gasteiger partial charge in [-0.05, 0) is 39.7 Å². The monoisotopic (exact) mass is 384 g/mol. The highest BCUT2D eigenvalue weighted by Crippen LogP contribution is 2.43. The summed E-state index contributed by atoms with van der Waals surface area (Å²) in [5.41, 5.74) is 0.835. The zero-order valence-electron chi connectivity index (χ0n) is 16.3. The van der Waals surface area contributed by atoms with Crippen LogP contribution in [0, 0.1) is 0 Å². The molecule has 0 saturated heterocycles. The third kappa shape index (κ3) is 3.56. The molecule has 4 rings (SSSR count). The highest BCUT2D eigenvalue weighted by molar-refractivity contribution is 5.95. The van der Waals surface area contributed by atoms with E-state index in [1.54, 1.807) is 23.4 Å². The Hall–Kier alpha value is -2.97. The molecule has 0 radical (unpaired) electrons. The van der Waals surface area contributed by atoms with Crippen LogP contribution in [0.1, 0.15) is 61.2 Å². The van der Waals surface area contributed by atoms with Crippen molar-refractivity contribution in [1.29, 1.82) is 0 Å². The quantitative estimate of drug-likeness (QED) is 0.836. The van der Waals surface area contributed by atoms with Crippen molar-refractivity contribution in [2.45, 2.75) is 57.7 Å². The summed E-state index contributed by atoms with van der Waals surface area (Å²) < 4.78 is 5.46. The maximum atomic E-state index is 12.9. The molecule has 1 aliphatic heterocycles. The first-order valence-electron chi connectivity index (χ1n) is 9.41. The van der Waals surface area contributed by atoms with Crippen LogP contribution in [0.3, 0.4) is 0 Å². The normalized spacial score (nSPS) is 17.6. The standard InChI is InChI=1S/C19H24N6O3/c1-18(2,3)28-17(27)25-10-5-13-12(11-25)14(24-23-13)15(26)22-19(6-7-19)16-20-8-4-9-21-16/h4,8-9H,5-7,10-11H2,1-3H3,(H,22,26)(H,23,24). The topological polar surface area (TPSA) is 113 Å². The van der Waals surface area contributed by atoms with Gasteiger partial charge in [-0.15, -0.1) is 0 Å². The molecule has 2 N–H and O–H groups in total. The van der Waals surface area contributed by atoms with Gasteiger partial charge in [0.05, 0.1) is 6.54 Å². The predicted molar refractivity (Wildman–Crippen MR) is 99.3 cm³/mol. The molecule has 9 nitrogen and oxygen atoms in total. The van der Waals surface area contributed by atoms with Crippen molar-refractivity contribution in [2.24, 2.45) is 0 Å². The van der Waals surface area contributed by atoms with Gasteiger partial charge < -0.3 is 15.0 Å². The molecule has 2 amide bonds. The number of H-pyrrole nitrogens is 1. The Labute approximate surface area is 162 Å². The first-order chi connectivity index (χ1) is 13.3. The van der Waals surface area contributed by atoms with Crippen molar-refractivity contribution in [3.63, 3.8) is 0 Å². The average Bonchev–Trinajstić information content (AvgIpc) is 3.30. The fourth-order valence-electron chi connectivity index (χ4n) is 3.32. The Bertz CT molecular complexity index is 898. The van der Waals surface area contributed by atoms with Gasteiger partial charge in [0.25, 0.3) is 5.91 Å². The minimum Gasteiger partial charge on any atom is -0.444 e. The van der Waals surface area contributed by atoms with Crippen LogP contribution in [-0.4, -0.2) is 49.2 Å². The van der Waals surface area contributed by atoms with E-state index in [2.05, 4.69) is 25.5 Å². The molecule has 28 heavy (non-hydrogen) atoms. The van der Waals surface area contributed by atoms with Gasteiger partial charge in [-0.2, -0.15) is 5.10 Å². The van der Waals surface area contributed by atoms with E-state index in [1.165, 1.54) is 0 Å². The zero-order chi connectivity index (χ0) is 19.9. The first-order valence-corrected chi connectivity index (χ1v) is 9.41. The second kappa shape index (κ2) is 6.57. The number of aromatic amines is 1. The van der Waals surface area contributed by atoms with Gasteiger partial charge in [0.1, 0.15) is 11.1 Å². The van der Waals surface area contributed by atoms with Crippen LogP contribution in [-0.2, 0) is 23.2 Å². The van der Waals surface area contributed by atoms with Gasteiger partial charge in [0.15, 0.2) is 11.5 Å². The lowest BCUT2D eigenvalue weighted by atomic mass is 10.0. The number of hydrogen-bond donors (Lipinski definition) is 2. The summed E-state index contributed by atoms with van der Waals surface area (Å²) in [4.78, 5) is 35.5. The van der Waals surface area contributed by atoms with Gasteiger partial charge in [-0.25, -0.2) is 14.8 Å². The zero-order valence-corrected chi connectivity index (χ0v) is 16.3. The van der Waals surface area contributed by atoms with Crippen LogP contribution >= 0.6 is 0 Å². The fraction of sp³-hybridized carbons (Fsp3) is 0.526. The van der Waals surface area contributed by atoms with Gasteiger partial charge in [0, 0.05) is 36.6 Å². The van der Waals surface area contributed by atoms with E-state index < -0.39 is 11.1 Å². The Morgan fingerprint density at radius 1 is 1.25 bits per heavy atom. The maximum Gasteiger partial charge on any atom is 0.410 e. The van der Waals surface area contributed by atoms with Crippen molar-refractivity contribution < 1.29 is 14.3 Å². The Kier molecular flexibility index (Phi) is 4.32. The number of rotatable bonds is 3. The Morgan fingerprint density at radius 3 is 2.61 bits per heavy atom. The molecule has 0 aromatic carbocycles. The second-order valence-corrected chi connectivity index (χ2v) is 8.29. The van der Waals surface area contributed by atoms with Crippen molar-refractivity contribution in [3.8, 4) is 0 Å². The number of aromatic nitrogens is 4. The number of carbonyl (C=O) groups excluding carboxylic acids is 2. The molecule has 0 spiro atoms. The second-order valence-electron chi connectivity index (χ2n) is 8.29. The van der Waals surface area contributed by atoms with Crippen LogP contribution in [0.25, 0.3) is 0 Å². The number of amides is 2. The minimum atomic E-state index is -0.567. The third-order valence-electron chi connectivity index (χ3n) is 4.90. The lowest BCUT2D eigenvalue weighted by Gasteiger charge is -2.30. The molecule has 148 valence electrons. The lowest BCUT2D eigenvalue weighted by Crippen LogP contribution is -2.41. The molecule has 0 atom stereocenters. The van der Waals surface area contributed by atoms with E-state index in [1.807, 2.05) is 20.8 Å². The van der Waals surface area contributed by atoms with Gasteiger partial charge >= 0.3 is 6.09 Å². The van der Waals surface area contributed by atoms with Crippen LogP contribution < -0.4 is 5.32 Å². The van der Waals surface area contributed by atoms with E-state index in [0.29, 0.717) is 31.0 Å². The molecular weight excluding hydrogens is 360 g/mol. The summed E-state index contributed by atoms with van der Waals surface area (Å²) in [6.07, 6.45) is 5.13. The van der Waals surface area contributed by atoms with Crippen LogP contribution in [0.2, 0.25) is 0 Å². The average molecular weight is 384 g/mol. The molecule has 1 saturated carbocycles. The SMILES string of the molecule is CC(C)(C)OC(=O)N1CCc2[nH]nc(C(=O)NC3(c4ncccn4)CC3)c2C1. The number of carbonyl (C=O) groups is 2. The molecule has 2 aromatic rings. The summed E-state index contributed by atoms with van der Waals surface area (Å²) in [7, 11) is 0. The van der Waals surface area contributed by atoms with Crippen molar-refractivity contribution in [3.05, 3.63) is 41.2 Å². The summed E-state index contributed by atoms with van der Waals surface area (Å²) in [5, 5.41) is 10.2. The molecule has 0 unspecified atom stereocenters. The molecule has 1 aliphatic carbocycles. The Balaban J connectivity index is 1.50. The molecule has 1 fully saturated rings. The van der Waals surface area contributed by atoms with Gasteiger partial charge in [-0.1, -0.05) is 0 Å². The smallest absolute Gasteiger partial charge is 0.410 e. The van der Waals surface area contributed by atoms with E-state index in [0.717, 1.165) is 24.1 Å². The molecule has 2 aromatic heterocycles. The number of fused-ring (bicyclic) bond motifs is 1. The number of nitrogens with zero attached hydrogens (tertiary/aromatic N) is 4. The largest absolute Gasteiger partial charge is 0.444 e. The molecule has 9 heteroatoms. The highest BCUT2D eigenvalue weighted by Gasteiger charge is 2.49. The molecular formula is C19H24N6O3. The van der Waals surface area contributed by atoms with Crippen molar-refractivity contribution in [1.82, 2.24) is 30.4 Å². The molecule has 2 aliphatic rings. The first kappa shape index (κ1) is 18.4. The number of nitrogens with one attached hydrogen (secondary N) is 2. The summed E-state index contributed by atoms with van der Waals surface area (Å²) in [6.45, 7) is 6.30. The van der Waals surface area contributed by atoms with E-state index >= 15 is 0 Å². The summed E-state index contributed by atoms with van der Waals surface area (Å²) in [5.74, 6) is 0.330. The molecule has 0 bridgehead atoms. The van der Waals surface area contributed by atoms with Crippen LogP contribution in [0.5, 0.6) is 0 Å². The maximum absolute atomic E-state index is 12.9. The van der Waals surface area contributed by atoms with Crippen LogP contribution in [0.15, 0.2) is 18.5 Å².